The number of thiocarbonyl (C=S) groups is 1. The zero-order valence-corrected chi connectivity index (χ0v) is 11.8. The van der Waals surface area contributed by atoms with Crippen molar-refractivity contribution >= 4 is 27.2 Å². The topological polar surface area (TPSA) is 55.4 Å². The van der Waals surface area contributed by atoms with Gasteiger partial charge in [0.15, 0.2) is 9.84 Å². The minimum absolute atomic E-state index is 0.119. The van der Waals surface area contributed by atoms with E-state index in [2.05, 4.69) is 5.32 Å². The summed E-state index contributed by atoms with van der Waals surface area (Å²) in [5.74, 6) is 0.336. The molecule has 1 N–H and O–H groups in total. The van der Waals surface area contributed by atoms with Gasteiger partial charge in [0.2, 0.25) is 0 Å². The molecule has 1 heterocycles. The summed E-state index contributed by atoms with van der Waals surface area (Å²) in [7, 11) is -2.92. The molecule has 0 radical (unpaired) electrons. The quantitative estimate of drug-likeness (QED) is 0.723. The largest absolute Gasteiger partial charge is 0.465 e. The van der Waals surface area contributed by atoms with Gasteiger partial charge in [-0.3, -0.25) is 0 Å². The van der Waals surface area contributed by atoms with Gasteiger partial charge < -0.3 is 10.1 Å². The van der Waals surface area contributed by atoms with Gasteiger partial charge in [-0.15, -0.1) is 0 Å². The molecule has 16 heavy (non-hydrogen) atoms. The smallest absolute Gasteiger partial charge is 0.257 e. The second kappa shape index (κ2) is 4.14. The number of ether oxygens (including phenoxy) is 1. The molecule has 1 rings (SSSR count). The van der Waals surface area contributed by atoms with Crippen LogP contribution < -0.4 is 5.32 Å². The second-order valence-corrected chi connectivity index (χ2v) is 8.08. The lowest BCUT2D eigenvalue weighted by Crippen LogP contribution is -2.48. The van der Waals surface area contributed by atoms with Gasteiger partial charge in [-0.05, 0) is 46.3 Å². The SMILES string of the molecule is CC1(NC(=S)OC(C)(C)C)CCS(=O)(=O)C1. The van der Waals surface area contributed by atoms with Crippen LogP contribution in [0.15, 0.2) is 0 Å². The molecule has 1 fully saturated rings. The van der Waals surface area contributed by atoms with Gasteiger partial charge in [0.1, 0.15) is 5.60 Å². The van der Waals surface area contributed by atoms with Crippen molar-refractivity contribution < 1.29 is 13.2 Å². The Morgan fingerprint density at radius 3 is 2.38 bits per heavy atom. The lowest BCUT2D eigenvalue weighted by Gasteiger charge is -2.29. The van der Waals surface area contributed by atoms with Crippen LogP contribution in [0.3, 0.4) is 0 Å². The van der Waals surface area contributed by atoms with Crippen molar-refractivity contribution in [2.24, 2.45) is 0 Å². The summed E-state index contributed by atoms with van der Waals surface area (Å²) >= 11 is 5.06. The van der Waals surface area contributed by atoms with Gasteiger partial charge >= 0.3 is 0 Å². The van der Waals surface area contributed by atoms with Gasteiger partial charge in [0.25, 0.3) is 5.17 Å². The lowest BCUT2D eigenvalue weighted by atomic mass is 10.0. The Bertz CT molecular complexity index is 383. The lowest BCUT2D eigenvalue weighted by molar-refractivity contribution is 0.110. The van der Waals surface area contributed by atoms with Crippen molar-refractivity contribution in [1.29, 1.82) is 0 Å². The van der Waals surface area contributed by atoms with Crippen molar-refractivity contribution in [3.63, 3.8) is 0 Å². The van der Waals surface area contributed by atoms with Crippen molar-refractivity contribution in [3.8, 4) is 0 Å². The van der Waals surface area contributed by atoms with Crippen LogP contribution in [0.25, 0.3) is 0 Å². The molecule has 1 atom stereocenters. The normalized spacial score (nSPS) is 28.8. The fourth-order valence-corrected chi connectivity index (χ4v) is 4.25. The molecule has 1 saturated heterocycles. The highest BCUT2D eigenvalue weighted by Gasteiger charge is 2.39. The Balaban J connectivity index is 2.59. The number of nitrogens with one attached hydrogen (secondary N) is 1. The first-order valence-corrected chi connectivity index (χ1v) is 7.46. The molecule has 94 valence electrons. The number of hydrogen-bond donors (Lipinski definition) is 1. The summed E-state index contributed by atoms with van der Waals surface area (Å²) in [4.78, 5) is 0. The highest BCUT2D eigenvalue weighted by atomic mass is 32.2. The third-order valence-corrected chi connectivity index (χ3v) is 4.39. The van der Waals surface area contributed by atoms with E-state index in [4.69, 9.17) is 17.0 Å². The minimum Gasteiger partial charge on any atom is -0.465 e. The summed E-state index contributed by atoms with van der Waals surface area (Å²) in [6, 6.07) is 0. The second-order valence-electron chi connectivity index (χ2n) is 5.53. The zero-order chi connectivity index (χ0) is 12.6. The molecule has 0 saturated carbocycles. The van der Waals surface area contributed by atoms with Crippen LogP contribution in [0, 0.1) is 0 Å². The fourth-order valence-electron chi connectivity index (χ4n) is 1.66. The van der Waals surface area contributed by atoms with Crippen molar-refractivity contribution in [1.82, 2.24) is 5.32 Å². The highest BCUT2D eigenvalue weighted by Crippen LogP contribution is 2.23. The number of rotatable bonds is 1. The van der Waals surface area contributed by atoms with Crippen LogP contribution in [0.1, 0.15) is 34.1 Å². The van der Waals surface area contributed by atoms with E-state index in [9.17, 15) is 8.42 Å². The van der Waals surface area contributed by atoms with Crippen LogP contribution in [-0.4, -0.2) is 36.2 Å². The van der Waals surface area contributed by atoms with Gasteiger partial charge in [0, 0.05) is 0 Å². The molecular formula is C10H19NO3S2. The Kier molecular flexibility index (Phi) is 3.55. The summed E-state index contributed by atoms with van der Waals surface area (Å²) in [5.41, 5.74) is -0.848. The maximum Gasteiger partial charge on any atom is 0.257 e. The van der Waals surface area contributed by atoms with Crippen molar-refractivity contribution in [2.75, 3.05) is 11.5 Å². The maximum absolute atomic E-state index is 11.4. The molecule has 0 aliphatic carbocycles. The maximum atomic E-state index is 11.4. The Morgan fingerprint density at radius 2 is 2.00 bits per heavy atom. The number of sulfone groups is 1. The first-order chi connectivity index (χ1) is 7.02. The monoisotopic (exact) mass is 265 g/mol. The minimum atomic E-state index is -2.92. The molecule has 1 unspecified atom stereocenters. The van der Waals surface area contributed by atoms with Gasteiger partial charge in [0.05, 0.1) is 17.0 Å². The summed E-state index contributed by atoms with van der Waals surface area (Å²) in [5, 5.41) is 3.27. The molecule has 0 spiro atoms. The first kappa shape index (κ1) is 13.7. The average molecular weight is 265 g/mol. The Morgan fingerprint density at radius 1 is 1.44 bits per heavy atom. The molecule has 1 aliphatic rings. The van der Waals surface area contributed by atoms with E-state index in [-0.39, 0.29) is 22.3 Å². The van der Waals surface area contributed by atoms with E-state index in [0.717, 1.165) is 0 Å². The molecule has 0 amide bonds. The molecule has 6 heteroatoms. The molecule has 0 aromatic carbocycles. The average Bonchev–Trinajstić information content (AvgIpc) is 2.19. The molecule has 4 nitrogen and oxygen atoms in total. The van der Waals surface area contributed by atoms with Crippen LogP contribution in [0.5, 0.6) is 0 Å². The van der Waals surface area contributed by atoms with E-state index in [1.165, 1.54) is 0 Å². The summed E-state index contributed by atoms with van der Waals surface area (Å²) < 4.78 is 28.2. The van der Waals surface area contributed by atoms with E-state index in [1.807, 2.05) is 27.7 Å². The number of hydrogen-bond acceptors (Lipinski definition) is 4. The molecular weight excluding hydrogens is 246 g/mol. The van der Waals surface area contributed by atoms with Crippen LogP contribution >= 0.6 is 12.2 Å². The summed E-state index contributed by atoms with van der Waals surface area (Å²) in [6.45, 7) is 7.55. The Hall–Kier alpha value is -0.360. The van der Waals surface area contributed by atoms with E-state index < -0.39 is 15.4 Å². The third-order valence-electron chi connectivity index (χ3n) is 2.31. The first-order valence-electron chi connectivity index (χ1n) is 5.23. The highest BCUT2D eigenvalue weighted by molar-refractivity contribution is 7.91. The predicted octanol–water partition coefficient (Wildman–Crippen LogP) is 1.25. The van der Waals surface area contributed by atoms with Gasteiger partial charge in [-0.2, -0.15) is 0 Å². The van der Waals surface area contributed by atoms with Crippen LogP contribution in [-0.2, 0) is 14.6 Å². The molecule has 0 bridgehead atoms. The van der Waals surface area contributed by atoms with E-state index in [0.29, 0.717) is 6.42 Å². The predicted molar refractivity (Wildman–Crippen MR) is 68.2 cm³/mol. The fraction of sp³-hybridized carbons (Fsp3) is 0.900. The molecule has 0 aromatic rings. The Labute approximate surface area is 103 Å². The van der Waals surface area contributed by atoms with Crippen LogP contribution in [0.2, 0.25) is 0 Å². The third kappa shape index (κ3) is 4.25. The van der Waals surface area contributed by atoms with E-state index in [1.54, 1.807) is 0 Å². The van der Waals surface area contributed by atoms with Crippen LogP contribution in [0.4, 0.5) is 0 Å². The van der Waals surface area contributed by atoms with Gasteiger partial charge in [-0.25, -0.2) is 8.42 Å². The summed E-state index contributed by atoms with van der Waals surface area (Å²) in [6.07, 6.45) is 0.572. The van der Waals surface area contributed by atoms with Gasteiger partial charge in [-0.1, -0.05) is 0 Å². The van der Waals surface area contributed by atoms with Crippen molar-refractivity contribution in [2.45, 2.75) is 45.3 Å². The van der Waals surface area contributed by atoms with E-state index >= 15 is 0 Å². The standard InChI is InChI=1S/C10H19NO3S2/c1-9(2,3)14-8(15)11-10(4)5-6-16(12,13)7-10/h5-7H2,1-4H3,(H,11,15). The molecule has 0 aromatic heterocycles. The van der Waals surface area contributed by atoms with Crippen molar-refractivity contribution in [3.05, 3.63) is 0 Å². The molecule has 1 aliphatic heterocycles. The zero-order valence-electron chi connectivity index (χ0n) is 10.2.